The van der Waals surface area contributed by atoms with E-state index < -0.39 is 14.7 Å². The van der Waals surface area contributed by atoms with Gasteiger partial charge < -0.3 is 5.73 Å². The van der Waals surface area contributed by atoms with Gasteiger partial charge in [0, 0.05) is 0 Å². The molecule has 0 bridgehead atoms. The molecule has 0 atom stereocenters. The first-order chi connectivity index (χ1) is 6.50. The molecule has 5 heteroatoms. The van der Waals surface area contributed by atoms with Gasteiger partial charge >= 0.3 is 0 Å². The second-order valence-corrected chi connectivity index (χ2v) is 4.52. The molecule has 1 aromatic rings. The first-order valence-corrected chi connectivity index (χ1v) is 5.17. The molecule has 0 aliphatic rings. The third kappa shape index (κ3) is 1.60. The molecule has 0 radical (unpaired) electrons. The number of anilines is 1. The zero-order valence-corrected chi connectivity index (χ0v) is 8.08. The van der Waals surface area contributed by atoms with E-state index in [0.717, 1.165) is 0 Å². The molecule has 0 aliphatic heterocycles. The van der Waals surface area contributed by atoms with E-state index in [2.05, 4.69) is 6.58 Å². The minimum absolute atomic E-state index is 0.0773. The summed E-state index contributed by atoms with van der Waals surface area (Å²) >= 11 is 0. The van der Waals surface area contributed by atoms with Crippen LogP contribution in [0.2, 0.25) is 0 Å². The van der Waals surface area contributed by atoms with E-state index in [1.165, 1.54) is 24.3 Å². The number of hydrogen-bond donors (Lipinski definition) is 1. The van der Waals surface area contributed by atoms with Crippen molar-refractivity contribution in [2.75, 3.05) is 5.73 Å². The van der Waals surface area contributed by atoms with Gasteiger partial charge in [-0.25, -0.2) is 8.42 Å². The highest BCUT2D eigenvalue weighted by molar-refractivity contribution is 7.95. The number of nitrogens with two attached hydrogens (primary N) is 1. The van der Waals surface area contributed by atoms with Gasteiger partial charge in [-0.1, -0.05) is 18.7 Å². The molecule has 0 aromatic heterocycles. The Kier molecular flexibility index (Phi) is 2.58. The Balaban J connectivity index is 3.41. The third-order valence-electron chi connectivity index (χ3n) is 1.66. The molecule has 0 saturated heterocycles. The summed E-state index contributed by atoms with van der Waals surface area (Å²) in [5.41, 5.74) is 5.58. The van der Waals surface area contributed by atoms with Crippen molar-refractivity contribution in [1.29, 1.82) is 5.26 Å². The SMILES string of the molecule is C=C(C#N)S(=O)(=O)c1ccccc1N. The highest BCUT2D eigenvalue weighted by Gasteiger charge is 2.20. The predicted molar refractivity (Wildman–Crippen MR) is 52.8 cm³/mol. The Morgan fingerprint density at radius 2 is 2.00 bits per heavy atom. The lowest BCUT2D eigenvalue weighted by Crippen LogP contribution is -2.05. The van der Waals surface area contributed by atoms with Crippen LogP contribution in [0.4, 0.5) is 5.69 Å². The van der Waals surface area contributed by atoms with Crippen LogP contribution in [0.3, 0.4) is 0 Å². The highest BCUT2D eigenvalue weighted by Crippen LogP contribution is 2.22. The van der Waals surface area contributed by atoms with Crippen LogP contribution in [0.15, 0.2) is 40.6 Å². The quantitative estimate of drug-likeness (QED) is 0.582. The van der Waals surface area contributed by atoms with E-state index in [-0.39, 0.29) is 10.6 Å². The van der Waals surface area contributed by atoms with Gasteiger partial charge in [0.25, 0.3) is 0 Å². The van der Waals surface area contributed by atoms with E-state index in [1.54, 1.807) is 6.07 Å². The number of benzene rings is 1. The molecule has 0 aliphatic carbocycles. The maximum absolute atomic E-state index is 11.6. The fourth-order valence-corrected chi connectivity index (χ4v) is 1.94. The number of para-hydroxylation sites is 1. The Labute approximate surface area is 82.2 Å². The summed E-state index contributed by atoms with van der Waals surface area (Å²) in [6, 6.07) is 7.44. The number of nitrogen functional groups attached to an aromatic ring is 1. The lowest BCUT2D eigenvalue weighted by atomic mass is 10.3. The average molecular weight is 208 g/mol. The molecule has 0 fully saturated rings. The Hall–Kier alpha value is -1.80. The average Bonchev–Trinajstić information content (AvgIpc) is 2.17. The van der Waals surface area contributed by atoms with Gasteiger partial charge in [-0.05, 0) is 12.1 Å². The summed E-state index contributed by atoms with van der Waals surface area (Å²) in [5.74, 6) is 0. The van der Waals surface area contributed by atoms with E-state index in [9.17, 15) is 8.42 Å². The fraction of sp³-hybridized carbons (Fsp3) is 0. The summed E-state index contributed by atoms with van der Waals surface area (Å²) in [6.45, 7) is 3.16. The van der Waals surface area contributed by atoms with Crippen molar-refractivity contribution in [2.24, 2.45) is 0 Å². The predicted octanol–water partition coefficient (Wildman–Crippen LogP) is 1.08. The molecule has 0 saturated carbocycles. The van der Waals surface area contributed by atoms with E-state index >= 15 is 0 Å². The number of nitrogens with zero attached hydrogens (tertiary/aromatic N) is 1. The smallest absolute Gasteiger partial charge is 0.218 e. The van der Waals surface area contributed by atoms with Crippen molar-refractivity contribution < 1.29 is 8.42 Å². The first kappa shape index (κ1) is 10.3. The van der Waals surface area contributed by atoms with E-state index in [1.807, 2.05) is 0 Å². The van der Waals surface area contributed by atoms with Gasteiger partial charge in [-0.2, -0.15) is 5.26 Å². The molecule has 0 amide bonds. The molecule has 4 nitrogen and oxygen atoms in total. The minimum Gasteiger partial charge on any atom is -0.398 e. The number of rotatable bonds is 2. The topological polar surface area (TPSA) is 84.0 Å². The Bertz CT molecular complexity index is 512. The van der Waals surface area contributed by atoms with Crippen LogP contribution in [0, 0.1) is 11.3 Å². The van der Waals surface area contributed by atoms with Crippen LogP contribution >= 0.6 is 0 Å². The standard InChI is InChI=1S/C9H8N2O2S/c1-7(6-10)14(12,13)9-5-3-2-4-8(9)11/h2-5H,1,11H2. The number of sulfone groups is 1. The molecule has 1 aromatic carbocycles. The van der Waals surface area contributed by atoms with Crippen LogP contribution in [-0.2, 0) is 9.84 Å². The lowest BCUT2D eigenvalue weighted by molar-refractivity contribution is 0.603. The van der Waals surface area contributed by atoms with Crippen molar-refractivity contribution in [3.63, 3.8) is 0 Å². The molecular weight excluding hydrogens is 200 g/mol. The molecule has 0 spiro atoms. The van der Waals surface area contributed by atoms with Crippen LogP contribution in [-0.4, -0.2) is 8.42 Å². The van der Waals surface area contributed by atoms with Crippen LogP contribution < -0.4 is 5.73 Å². The van der Waals surface area contributed by atoms with Gasteiger partial charge in [-0.15, -0.1) is 0 Å². The Morgan fingerprint density at radius 1 is 1.43 bits per heavy atom. The van der Waals surface area contributed by atoms with Gasteiger partial charge in [-0.3, -0.25) is 0 Å². The largest absolute Gasteiger partial charge is 0.398 e. The first-order valence-electron chi connectivity index (χ1n) is 3.68. The second kappa shape index (κ2) is 3.52. The maximum atomic E-state index is 11.6. The fourth-order valence-electron chi connectivity index (χ4n) is 0.918. The van der Waals surface area contributed by atoms with Crippen molar-refractivity contribution in [2.45, 2.75) is 4.90 Å². The van der Waals surface area contributed by atoms with Crippen LogP contribution in [0.5, 0.6) is 0 Å². The van der Waals surface area contributed by atoms with Gasteiger partial charge in [0.05, 0.1) is 10.6 Å². The van der Waals surface area contributed by atoms with Gasteiger partial charge in [0.2, 0.25) is 9.84 Å². The zero-order valence-electron chi connectivity index (χ0n) is 7.27. The van der Waals surface area contributed by atoms with Crippen molar-refractivity contribution in [3.05, 3.63) is 35.7 Å². The summed E-state index contributed by atoms with van der Waals surface area (Å²) in [5, 5.41) is 8.45. The summed E-state index contributed by atoms with van der Waals surface area (Å²) < 4.78 is 23.2. The number of allylic oxidation sites excluding steroid dienone is 1. The molecule has 14 heavy (non-hydrogen) atoms. The molecule has 1 rings (SSSR count). The van der Waals surface area contributed by atoms with Crippen LogP contribution in [0.1, 0.15) is 0 Å². The maximum Gasteiger partial charge on any atom is 0.218 e. The van der Waals surface area contributed by atoms with Crippen molar-refractivity contribution in [1.82, 2.24) is 0 Å². The van der Waals surface area contributed by atoms with Gasteiger partial charge in [0.15, 0.2) is 0 Å². The number of nitriles is 1. The lowest BCUT2D eigenvalue weighted by Gasteiger charge is -2.03. The summed E-state index contributed by atoms with van der Waals surface area (Å²) in [6.07, 6.45) is 0. The van der Waals surface area contributed by atoms with E-state index in [0.29, 0.717) is 0 Å². The molecule has 72 valence electrons. The molecule has 0 unspecified atom stereocenters. The number of hydrogen-bond acceptors (Lipinski definition) is 4. The summed E-state index contributed by atoms with van der Waals surface area (Å²) in [4.78, 5) is -0.582. The Morgan fingerprint density at radius 3 is 2.50 bits per heavy atom. The highest BCUT2D eigenvalue weighted by atomic mass is 32.2. The normalized spacial score (nSPS) is 10.5. The monoisotopic (exact) mass is 208 g/mol. The van der Waals surface area contributed by atoms with Crippen LogP contribution in [0.25, 0.3) is 0 Å². The molecule has 0 heterocycles. The third-order valence-corrected chi connectivity index (χ3v) is 3.35. The minimum atomic E-state index is -3.80. The van der Waals surface area contributed by atoms with Crippen molar-refractivity contribution in [3.8, 4) is 6.07 Å². The van der Waals surface area contributed by atoms with Crippen molar-refractivity contribution >= 4 is 15.5 Å². The molecule has 2 N–H and O–H groups in total. The second-order valence-electron chi connectivity index (χ2n) is 2.58. The zero-order chi connectivity index (χ0) is 10.8. The molecular formula is C9H8N2O2S. The summed E-state index contributed by atoms with van der Waals surface area (Å²) in [7, 11) is -3.80. The van der Waals surface area contributed by atoms with E-state index in [4.69, 9.17) is 11.0 Å². The van der Waals surface area contributed by atoms with Gasteiger partial charge in [0.1, 0.15) is 11.0 Å².